The van der Waals surface area contributed by atoms with Crippen LogP contribution in [0.1, 0.15) is 29.7 Å². The van der Waals surface area contributed by atoms with Gasteiger partial charge >= 0.3 is 0 Å². The molecule has 20 heavy (non-hydrogen) atoms. The lowest BCUT2D eigenvalue weighted by atomic mass is 10.1. The van der Waals surface area contributed by atoms with Crippen LogP contribution in [-0.4, -0.2) is 11.7 Å². The van der Waals surface area contributed by atoms with Crippen LogP contribution in [0.15, 0.2) is 42.5 Å². The number of nitrogen functional groups attached to an aromatic ring is 1. The molecule has 2 aromatic rings. The van der Waals surface area contributed by atoms with Crippen LogP contribution >= 0.6 is 0 Å². The Hall–Kier alpha value is -2.00. The average Bonchev–Trinajstić information content (AvgIpc) is 2.46. The Morgan fingerprint density at radius 3 is 2.45 bits per heavy atom. The first-order valence-corrected chi connectivity index (χ1v) is 6.86. The van der Waals surface area contributed by atoms with Crippen LogP contribution in [0.5, 0.6) is 5.75 Å². The Kier molecular flexibility index (Phi) is 4.64. The third-order valence-corrected chi connectivity index (χ3v) is 3.33. The predicted molar refractivity (Wildman–Crippen MR) is 81.9 cm³/mol. The SMILES string of the molecule is CCc1ccc(C(O)COc2ccc(C)cc2N)cc1. The summed E-state index contributed by atoms with van der Waals surface area (Å²) in [6.45, 7) is 4.28. The Morgan fingerprint density at radius 1 is 1.15 bits per heavy atom. The lowest BCUT2D eigenvalue weighted by molar-refractivity contribution is 0.108. The summed E-state index contributed by atoms with van der Waals surface area (Å²) in [4.78, 5) is 0. The maximum absolute atomic E-state index is 10.1. The summed E-state index contributed by atoms with van der Waals surface area (Å²) >= 11 is 0. The normalized spacial score (nSPS) is 12.2. The Balaban J connectivity index is 1.98. The van der Waals surface area contributed by atoms with Crippen LogP contribution in [-0.2, 0) is 6.42 Å². The van der Waals surface area contributed by atoms with Crippen LogP contribution in [0.25, 0.3) is 0 Å². The molecule has 1 unspecified atom stereocenters. The van der Waals surface area contributed by atoms with Crippen molar-refractivity contribution in [1.29, 1.82) is 0 Å². The van der Waals surface area contributed by atoms with E-state index in [2.05, 4.69) is 6.92 Å². The summed E-state index contributed by atoms with van der Waals surface area (Å²) in [5.74, 6) is 0.611. The topological polar surface area (TPSA) is 55.5 Å². The zero-order valence-corrected chi connectivity index (χ0v) is 12.0. The standard InChI is InChI=1S/C17H21NO2/c1-3-13-5-7-14(8-6-13)16(19)11-20-17-9-4-12(2)10-15(17)18/h4-10,16,19H,3,11,18H2,1-2H3. The first-order chi connectivity index (χ1) is 9.60. The maximum Gasteiger partial charge on any atom is 0.142 e. The van der Waals surface area contributed by atoms with Crippen molar-refractivity contribution in [3.8, 4) is 5.75 Å². The van der Waals surface area contributed by atoms with E-state index in [-0.39, 0.29) is 6.61 Å². The summed E-state index contributed by atoms with van der Waals surface area (Å²) in [7, 11) is 0. The molecular weight excluding hydrogens is 250 g/mol. The zero-order valence-electron chi connectivity index (χ0n) is 12.0. The molecule has 0 saturated carbocycles. The molecule has 3 nitrogen and oxygen atoms in total. The van der Waals surface area contributed by atoms with E-state index in [4.69, 9.17) is 10.5 Å². The van der Waals surface area contributed by atoms with E-state index in [0.29, 0.717) is 11.4 Å². The van der Waals surface area contributed by atoms with Gasteiger partial charge in [-0.3, -0.25) is 0 Å². The molecule has 106 valence electrons. The van der Waals surface area contributed by atoms with Crippen molar-refractivity contribution < 1.29 is 9.84 Å². The van der Waals surface area contributed by atoms with Crippen molar-refractivity contribution in [2.45, 2.75) is 26.4 Å². The highest BCUT2D eigenvalue weighted by atomic mass is 16.5. The molecule has 0 heterocycles. The van der Waals surface area contributed by atoms with E-state index in [9.17, 15) is 5.11 Å². The molecule has 0 amide bonds. The maximum atomic E-state index is 10.1. The van der Waals surface area contributed by atoms with E-state index in [1.807, 2.05) is 49.4 Å². The molecule has 0 bridgehead atoms. The molecular formula is C17H21NO2. The summed E-state index contributed by atoms with van der Waals surface area (Å²) in [5, 5.41) is 10.1. The molecule has 0 saturated heterocycles. The number of benzene rings is 2. The van der Waals surface area contributed by atoms with Gasteiger partial charge in [0.15, 0.2) is 0 Å². The molecule has 0 radical (unpaired) electrons. The molecule has 2 rings (SSSR count). The smallest absolute Gasteiger partial charge is 0.142 e. The number of aryl methyl sites for hydroxylation is 2. The van der Waals surface area contributed by atoms with Crippen molar-refractivity contribution in [3.05, 3.63) is 59.2 Å². The third kappa shape index (κ3) is 3.52. The van der Waals surface area contributed by atoms with Gasteiger partial charge in [-0.25, -0.2) is 0 Å². The fourth-order valence-corrected chi connectivity index (χ4v) is 2.04. The molecule has 0 aromatic heterocycles. The van der Waals surface area contributed by atoms with Crippen LogP contribution < -0.4 is 10.5 Å². The Bertz CT molecular complexity index is 564. The van der Waals surface area contributed by atoms with Gasteiger partial charge in [0, 0.05) is 0 Å². The summed E-state index contributed by atoms with van der Waals surface area (Å²) < 4.78 is 5.59. The number of hydrogen-bond acceptors (Lipinski definition) is 3. The Labute approximate surface area is 120 Å². The molecule has 1 atom stereocenters. The molecule has 3 heteroatoms. The van der Waals surface area contributed by atoms with E-state index in [0.717, 1.165) is 17.5 Å². The van der Waals surface area contributed by atoms with E-state index < -0.39 is 6.10 Å². The van der Waals surface area contributed by atoms with Gasteiger partial charge in [-0.1, -0.05) is 37.3 Å². The van der Waals surface area contributed by atoms with Crippen molar-refractivity contribution in [3.63, 3.8) is 0 Å². The first kappa shape index (κ1) is 14.4. The van der Waals surface area contributed by atoms with Crippen LogP contribution in [0, 0.1) is 6.92 Å². The Morgan fingerprint density at radius 2 is 1.85 bits per heavy atom. The number of ether oxygens (including phenoxy) is 1. The largest absolute Gasteiger partial charge is 0.488 e. The van der Waals surface area contributed by atoms with Gasteiger partial charge < -0.3 is 15.6 Å². The lowest BCUT2D eigenvalue weighted by Gasteiger charge is -2.14. The first-order valence-electron chi connectivity index (χ1n) is 6.86. The van der Waals surface area contributed by atoms with Crippen LogP contribution in [0.3, 0.4) is 0 Å². The van der Waals surface area contributed by atoms with Gasteiger partial charge in [0.2, 0.25) is 0 Å². The summed E-state index contributed by atoms with van der Waals surface area (Å²) in [6, 6.07) is 13.6. The van der Waals surface area contributed by atoms with Gasteiger partial charge in [0.1, 0.15) is 18.5 Å². The van der Waals surface area contributed by atoms with E-state index in [1.165, 1.54) is 5.56 Å². The fourth-order valence-electron chi connectivity index (χ4n) is 2.04. The number of rotatable bonds is 5. The van der Waals surface area contributed by atoms with Gasteiger partial charge in [0.25, 0.3) is 0 Å². The number of hydrogen-bond donors (Lipinski definition) is 2. The minimum Gasteiger partial charge on any atom is -0.488 e. The number of aliphatic hydroxyl groups excluding tert-OH is 1. The predicted octanol–water partition coefficient (Wildman–Crippen LogP) is 3.25. The van der Waals surface area contributed by atoms with Gasteiger partial charge in [-0.15, -0.1) is 0 Å². The molecule has 2 aromatic carbocycles. The monoisotopic (exact) mass is 271 g/mol. The summed E-state index contributed by atoms with van der Waals surface area (Å²) in [5.41, 5.74) is 9.67. The minimum atomic E-state index is -0.651. The highest BCUT2D eigenvalue weighted by Crippen LogP contribution is 2.24. The minimum absolute atomic E-state index is 0.193. The van der Waals surface area contributed by atoms with Crippen molar-refractivity contribution >= 4 is 5.69 Å². The van der Waals surface area contributed by atoms with Crippen LogP contribution in [0.4, 0.5) is 5.69 Å². The molecule has 0 spiro atoms. The highest BCUT2D eigenvalue weighted by molar-refractivity contribution is 5.54. The second-order valence-electron chi connectivity index (χ2n) is 4.96. The van der Waals surface area contributed by atoms with E-state index in [1.54, 1.807) is 0 Å². The number of anilines is 1. The van der Waals surface area contributed by atoms with Crippen molar-refractivity contribution in [2.24, 2.45) is 0 Å². The van der Waals surface area contributed by atoms with Gasteiger partial charge in [-0.05, 0) is 42.2 Å². The van der Waals surface area contributed by atoms with Gasteiger partial charge in [-0.2, -0.15) is 0 Å². The zero-order chi connectivity index (χ0) is 14.5. The second-order valence-corrected chi connectivity index (χ2v) is 4.96. The second kappa shape index (κ2) is 6.44. The van der Waals surface area contributed by atoms with Gasteiger partial charge in [0.05, 0.1) is 5.69 Å². The fraction of sp³-hybridized carbons (Fsp3) is 0.294. The average molecular weight is 271 g/mol. The molecule has 0 fully saturated rings. The quantitative estimate of drug-likeness (QED) is 0.821. The molecule has 0 aliphatic heterocycles. The van der Waals surface area contributed by atoms with E-state index >= 15 is 0 Å². The molecule has 0 aliphatic carbocycles. The number of aliphatic hydroxyl groups is 1. The van der Waals surface area contributed by atoms with Crippen molar-refractivity contribution in [1.82, 2.24) is 0 Å². The highest BCUT2D eigenvalue weighted by Gasteiger charge is 2.09. The third-order valence-electron chi connectivity index (χ3n) is 3.33. The van der Waals surface area contributed by atoms with Crippen LogP contribution in [0.2, 0.25) is 0 Å². The molecule has 0 aliphatic rings. The molecule has 3 N–H and O–H groups in total. The summed E-state index contributed by atoms with van der Waals surface area (Å²) in [6.07, 6.45) is 0.342. The number of nitrogens with two attached hydrogens (primary N) is 1. The van der Waals surface area contributed by atoms with Crippen molar-refractivity contribution in [2.75, 3.05) is 12.3 Å². The lowest BCUT2D eigenvalue weighted by Crippen LogP contribution is -2.10.